The van der Waals surface area contributed by atoms with Gasteiger partial charge in [0.1, 0.15) is 5.82 Å². The Morgan fingerprint density at radius 2 is 1.95 bits per heavy atom. The lowest BCUT2D eigenvalue weighted by molar-refractivity contribution is 0.202. The SMILES string of the molecule is CCC(CC)N(CCOC)c1ccc(F)cc1C(C)NC. The monoisotopic (exact) mass is 296 g/mol. The Kier molecular flexibility index (Phi) is 7.68. The van der Waals surface area contributed by atoms with Crippen LogP contribution in [0.2, 0.25) is 0 Å². The van der Waals surface area contributed by atoms with Gasteiger partial charge in [0.25, 0.3) is 0 Å². The van der Waals surface area contributed by atoms with Crippen molar-refractivity contribution in [3.05, 3.63) is 29.6 Å². The number of anilines is 1. The summed E-state index contributed by atoms with van der Waals surface area (Å²) in [6.07, 6.45) is 2.12. The molecule has 0 heterocycles. The summed E-state index contributed by atoms with van der Waals surface area (Å²) in [6, 6.07) is 5.62. The van der Waals surface area contributed by atoms with Crippen molar-refractivity contribution in [2.75, 3.05) is 32.2 Å². The third-order valence-corrected chi connectivity index (χ3v) is 4.12. The zero-order valence-electron chi connectivity index (χ0n) is 13.9. The van der Waals surface area contributed by atoms with Crippen molar-refractivity contribution in [3.8, 4) is 0 Å². The average Bonchev–Trinajstić information content (AvgIpc) is 2.51. The first-order valence-corrected chi connectivity index (χ1v) is 7.81. The van der Waals surface area contributed by atoms with Crippen molar-refractivity contribution in [2.24, 2.45) is 0 Å². The Balaban J connectivity index is 3.21. The third kappa shape index (κ3) is 4.68. The molecule has 0 aliphatic heterocycles. The summed E-state index contributed by atoms with van der Waals surface area (Å²) in [5.74, 6) is -0.188. The molecule has 1 atom stereocenters. The molecule has 0 spiro atoms. The number of ether oxygens (including phenoxy) is 1. The van der Waals surface area contributed by atoms with E-state index in [4.69, 9.17) is 4.74 Å². The zero-order valence-corrected chi connectivity index (χ0v) is 13.9. The van der Waals surface area contributed by atoms with Crippen LogP contribution in [0.1, 0.15) is 45.2 Å². The fraction of sp³-hybridized carbons (Fsp3) is 0.647. The molecule has 0 aliphatic carbocycles. The van der Waals surface area contributed by atoms with E-state index >= 15 is 0 Å². The van der Waals surface area contributed by atoms with Gasteiger partial charge in [-0.1, -0.05) is 13.8 Å². The Bertz CT molecular complexity index is 421. The van der Waals surface area contributed by atoms with E-state index in [0.717, 1.165) is 30.6 Å². The van der Waals surface area contributed by atoms with Crippen molar-refractivity contribution in [1.29, 1.82) is 0 Å². The van der Waals surface area contributed by atoms with Crippen LogP contribution in [0, 0.1) is 5.82 Å². The van der Waals surface area contributed by atoms with Gasteiger partial charge in [-0.2, -0.15) is 0 Å². The fourth-order valence-corrected chi connectivity index (χ4v) is 2.71. The first-order chi connectivity index (χ1) is 10.1. The second-order valence-electron chi connectivity index (χ2n) is 5.37. The minimum atomic E-state index is -0.188. The molecule has 0 aliphatic rings. The number of nitrogens with one attached hydrogen (secondary N) is 1. The minimum absolute atomic E-state index is 0.107. The predicted octanol–water partition coefficient (Wildman–Crippen LogP) is 3.75. The summed E-state index contributed by atoms with van der Waals surface area (Å²) in [6.45, 7) is 7.93. The molecule has 0 radical (unpaired) electrons. The molecule has 0 bridgehead atoms. The van der Waals surface area contributed by atoms with Gasteiger partial charge in [-0.3, -0.25) is 0 Å². The van der Waals surface area contributed by atoms with Crippen LogP contribution in [0.15, 0.2) is 18.2 Å². The molecule has 21 heavy (non-hydrogen) atoms. The predicted molar refractivity (Wildman–Crippen MR) is 87.5 cm³/mol. The molecule has 1 aromatic carbocycles. The maximum atomic E-state index is 13.7. The van der Waals surface area contributed by atoms with E-state index < -0.39 is 0 Å². The van der Waals surface area contributed by atoms with E-state index in [0.29, 0.717) is 12.6 Å². The highest BCUT2D eigenvalue weighted by molar-refractivity contribution is 5.56. The Morgan fingerprint density at radius 1 is 1.29 bits per heavy atom. The van der Waals surface area contributed by atoms with Crippen LogP contribution >= 0.6 is 0 Å². The van der Waals surface area contributed by atoms with Gasteiger partial charge in [0.05, 0.1) is 6.61 Å². The maximum Gasteiger partial charge on any atom is 0.123 e. The van der Waals surface area contributed by atoms with E-state index in [9.17, 15) is 4.39 Å². The Morgan fingerprint density at radius 3 is 2.48 bits per heavy atom. The van der Waals surface area contributed by atoms with Gasteiger partial charge in [0.2, 0.25) is 0 Å². The van der Waals surface area contributed by atoms with Crippen molar-refractivity contribution in [2.45, 2.75) is 45.7 Å². The highest BCUT2D eigenvalue weighted by atomic mass is 19.1. The molecule has 0 aromatic heterocycles. The topological polar surface area (TPSA) is 24.5 Å². The molecule has 1 N–H and O–H groups in total. The lowest BCUT2D eigenvalue weighted by Gasteiger charge is -2.35. The van der Waals surface area contributed by atoms with E-state index in [2.05, 4.69) is 31.0 Å². The second-order valence-corrected chi connectivity index (χ2v) is 5.37. The number of rotatable bonds is 9. The number of halogens is 1. The standard InChI is InChI=1S/C17H29FN2O/c1-6-15(7-2)20(10-11-21-5)17-9-8-14(18)12-16(17)13(3)19-4/h8-9,12-13,15,19H,6-7,10-11H2,1-5H3. The van der Waals surface area contributed by atoms with Crippen LogP contribution in [-0.2, 0) is 4.74 Å². The number of hydrogen-bond acceptors (Lipinski definition) is 3. The van der Waals surface area contributed by atoms with E-state index in [1.165, 1.54) is 0 Å². The smallest absolute Gasteiger partial charge is 0.123 e. The van der Waals surface area contributed by atoms with Crippen LogP contribution in [0.5, 0.6) is 0 Å². The number of nitrogens with zero attached hydrogens (tertiary/aromatic N) is 1. The lowest BCUT2D eigenvalue weighted by Crippen LogP contribution is -2.38. The second kappa shape index (κ2) is 9.00. The molecular weight excluding hydrogens is 267 g/mol. The highest BCUT2D eigenvalue weighted by Crippen LogP contribution is 2.30. The summed E-state index contributed by atoms with van der Waals surface area (Å²) < 4.78 is 18.9. The van der Waals surface area contributed by atoms with Crippen LogP contribution in [0.3, 0.4) is 0 Å². The van der Waals surface area contributed by atoms with Crippen LogP contribution < -0.4 is 10.2 Å². The largest absolute Gasteiger partial charge is 0.383 e. The molecule has 4 heteroatoms. The lowest BCUT2D eigenvalue weighted by atomic mass is 10.0. The molecule has 1 rings (SSSR count). The van der Waals surface area contributed by atoms with Crippen LogP contribution in [-0.4, -0.2) is 33.4 Å². The maximum absolute atomic E-state index is 13.7. The quantitative estimate of drug-likeness (QED) is 0.751. The number of methoxy groups -OCH3 is 1. The average molecular weight is 296 g/mol. The molecular formula is C17H29FN2O. The van der Waals surface area contributed by atoms with Gasteiger partial charge in [0.15, 0.2) is 0 Å². The van der Waals surface area contributed by atoms with Crippen molar-refractivity contribution in [3.63, 3.8) is 0 Å². The minimum Gasteiger partial charge on any atom is -0.383 e. The number of benzene rings is 1. The number of hydrogen-bond donors (Lipinski definition) is 1. The summed E-state index contributed by atoms with van der Waals surface area (Å²) in [5, 5.41) is 3.21. The molecule has 120 valence electrons. The summed E-state index contributed by atoms with van der Waals surface area (Å²) >= 11 is 0. The van der Waals surface area contributed by atoms with Gasteiger partial charge in [-0.25, -0.2) is 4.39 Å². The molecule has 0 saturated carbocycles. The zero-order chi connectivity index (χ0) is 15.8. The summed E-state index contributed by atoms with van der Waals surface area (Å²) in [5.41, 5.74) is 2.10. The fourth-order valence-electron chi connectivity index (χ4n) is 2.71. The van der Waals surface area contributed by atoms with Gasteiger partial charge < -0.3 is 15.0 Å². The molecule has 1 unspecified atom stereocenters. The normalized spacial score (nSPS) is 12.7. The summed E-state index contributed by atoms with van der Waals surface area (Å²) in [7, 11) is 3.61. The highest BCUT2D eigenvalue weighted by Gasteiger charge is 2.20. The first-order valence-electron chi connectivity index (χ1n) is 7.81. The van der Waals surface area contributed by atoms with Crippen LogP contribution in [0.25, 0.3) is 0 Å². The van der Waals surface area contributed by atoms with Gasteiger partial charge >= 0.3 is 0 Å². The molecule has 0 fully saturated rings. The Hall–Kier alpha value is -1.13. The van der Waals surface area contributed by atoms with Gasteiger partial charge in [-0.15, -0.1) is 0 Å². The van der Waals surface area contributed by atoms with E-state index in [-0.39, 0.29) is 11.9 Å². The van der Waals surface area contributed by atoms with Crippen molar-refractivity contribution in [1.82, 2.24) is 5.32 Å². The molecule has 1 aromatic rings. The molecule has 3 nitrogen and oxygen atoms in total. The van der Waals surface area contributed by atoms with E-state index in [1.807, 2.05) is 13.1 Å². The van der Waals surface area contributed by atoms with Crippen molar-refractivity contribution < 1.29 is 9.13 Å². The summed E-state index contributed by atoms with van der Waals surface area (Å²) in [4.78, 5) is 2.35. The van der Waals surface area contributed by atoms with E-state index in [1.54, 1.807) is 19.2 Å². The van der Waals surface area contributed by atoms with Gasteiger partial charge in [0, 0.05) is 31.4 Å². The molecule has 0 saturated heterocycles. The molecule has 0 amide bonds. The Labute approximate surface area is 128 Å². The third-order valence-electron chi connectivity index (χ3n) is 4.12. The van der Waals surface area contributed by atoms with Gasteiger partial charge in [-0.05, 0) is 50.6 Å². The van der Waals surface area contributed by atoms with Crippen molar-refractivity contribution >= 4 is 5.69 Å². The van der Waals surface area contributed by atoms with Crippen LogP contribution in [0.4, 0.5) is 10.1 Å². The first kappa shape index (κ1) is 17.9.